The highest BCUT2D eigenvalue weighted by Gasteiger charge is 2.33. The first-order chi connectivity index (χ1) is 9.34. The van der Waals surface area contributed by atoms with Crippen molar-refractivity contribution >= 4 is 5.91 Å². The number of carbonyl (C=O) groups is 1. The molecule has 1 amide bonds. The van der Waals surface area contributed by atoms with Gasteiger partial charge in [-0.2, -0.15) is 0 Å². The Morgan fingerprint density at radius 3 is 2.74 bits per heavy atom. The molecule has 2 saturated heterocycles. The maximum Gasteiger partial charge on any atom is 0.241 e. The van der Waals surface area contributed by atoms with Gasteiger partial charge in [-0.05, 0) is 24.1 Å². The van der Waals surface area contributed by atoms with E-state index < -0.39 is 0 Å². The number of ether oxygens (including phenoxy) is 1. The average molecular weight is 262 g/mol. The summed E-state index contributed by atoms with van der Waals surface area (Å²) in [7, 11) is 0. The maximum absolute atomic E-state index is 12.3. The Hall–Kier alpha value is -1.50. The summed E-state index contributed by atoms with van der Waals surface area (Å²) in [5.74, 6) is 0.160. The lowest BCUT2D eigenvalue weighted by Crippen LogP contribution is -2.49. The number of rotatable bonds is 2. The Labute approximate surface area is 112 Å². The standard InChI is InChI=1S/C13H18N4O2/c18-13(17-5-7-19-8-6-17)12-9-11(15-16-12)10-1-3-14-4-2-10/h1-4,11-12,15-16H,5-9H2. The van der Waals surface area contributed by atoms with Gasteiger partial charge in [0.2, 0.25) is 5.91 Å². The van der Waals surface area contributed by atoms with Gasteiger partial charge in [-0.3, -0.25) is 9.78 Å². The van der Waals surface area contributed by atoms with Crippen LogP contribution >= 0.6 is 0 Å². The average Bonchev–Trinajstić information content (AvgIpc) is 2.98. The van der Waals surface area contributed by atoms with Gasteiger partial charge in [-0.15, -0.1) is 0 Å². The van der Waals surface area contributed by atoms with Gasteiger partial charge in [-0.25, -0.2) is 10.9 Å². The zero-order valence-corrected chi connectivity index (χ0v) is 10.7. The molecule has 0 bridgehead atoms. The second-order valence-corrected chi connectivity index (χ2v) is 4.85. The summed E-state index contributed by atoms with van der Waals surface area (Å²) in [4.78, 5) is 18.2. The number of morpholine rings is 1. The summed E-state index contributed by atoms with van der Waals surface area (Å²) < 4.78 is 5.27. The minimum absolute atomic E-state index is 0.156. The van der Waals surface area contributed by atoms with Crippen LogP contribution in [-0.4, -0.2) is 48.1 Å². The van der Waals surface area contributed by atoms with E-state index in [4.69, 9.17) is 4.74 Å². The second-order valence-electron chi connectivity index (χ2n) is 4.85. The highest BCUT2D eigenvalue weighted by atomic mass is 16.5. The first-order valence-electron chi connectivity index (χ1n) is 6.62. The van der Waals surface area contributed by atoms with Crippen molar-refractivity contribution in [3.63, 3.8) is 0 Å². The minimum atomic E-state index is -0.156. The first kappa shape index (κ1) is 12.5. The van der Waals surface area contributed by atoms with E-state index in [-0.39, 0.29) is 18.0 Å². The normalized spacial score (nSPS) is 27.5. The molecule has 0 saturated carbocycles. The van der Waals surface area contributed by atoms with Crippen molar-refractivity contribution in [2.45, 2.75) is 18.5 Å². The van der Waals surface area contributed by atoms with Crippen LogP contribution in [0.25, 0.3) is 0 Å². The molecule has 1 aromatic rings. The summed E-state index contributed by atoms with van der Waals surface area (Å²) in [6.45, 7) is 2.66. The van der Waals surface area contributed by atoms with Crippen LogP contribution in [0.2, 0.25) is 0 Å². The van der Waals surface area contributed by atoms with Gasteiger partial charge in [0.15, 0.2) is 0 Å². The maximum atomic E-state index is 12.3. The molecule has 2 atom stereocenters. The Morgan fingerprint density at radius 2 is 2.00 bits per heavy atom. The van der Waals surface area contributed by atoms with Gasteiger partial charge in [0.1, 0.15) is 6.04 Å². The van der Waals surface area contributed by atoms with Crippen LogP contribution in [0.15, 0.2) is 24.5 Å². The fourth-order valence-electron chi connectivity index (χ4n) is 2.54. The fourth-order valence-corrected chi connectivity index (χ4v) is 2.54. The minimum Gasteiger partial charge on any atom is -0.378 e. The van der Waals surface area contributed by atoms with E-state index in [1.807, 2.05) is 17.0 Å². The highest BCUT2D eigenvalue weighted by molar-refractivity contribution is 5.82. The quantitative estimate of drug-likeness (QED) is 0.776. The summed E-state index contributed by atoms with van der Waals surface area (Å²) >= 11 is 0. The molecule has 19 heavy (non-hydrogen) atoms. The number of carbonyl (C=O) groups excluding carboxylic acids is 1. The molecule has 0 radical (unpaired) electrons. The molecule has 2 aliphatic heterocycles. The van der Waals surface area contributed by atoms with E-state index >= 15 is 0 Å². The molecule has 2 unspecified atom stereocenters. The first-order valence-corrected chi connectivity index (χ1v) is 6.62. The zero-order chi connectivity index (χ0) is 13.1. The number of hydrogen-bond acceptors (Lipinski definition) is 5. The molecule has 6 nitrogen and oxygen atoms in total. The Bertz CT molecular complexity index is 434. The molecule has 2 fully saturated rings. The van der Waals surface area contributed by atoms with Crippen molar-refractivity contribution in [3.8, 4) is 0 Å². The number of hydrogen-bond donors (Lipinski definition) is 2. The molecule has 0 aromatic carbocycles. The summed E-state index contributed by atoms with van der Waals surface area (Å²) in [6, 6.07) is 3.95. The molecule has 3 rings (SSSR count). The van der Waals surface area contributed by atoms with Gasteiger partial charge in [0, 0.05) is 31.5 Å². The van der Waals surface area contributed by atoms with E-state index in [2.05, 4.69) is 15.8 Å². The fraction of sp³-hybridized carbons (Fsp3) is 0.538. The number of nitrogens with zero attached hydrogens (tertiary/aromatic N) is 2. The molecule has 6 heteroatoms. The third-order valence-corrected chi connectivity index (χ3v) is 3.63. The van der Waals surface area contributed by atoms with E-state index in [1.54, 1.807) is 12.4 Å². The predicted molar refractivity (Wildman–Crippen MR) is 69.1 cm³/mol. The zero-order valence-electron chi connectivity index (χ0n) is 10.7. The van der Waals surface area contributed by atoms with E-state index in [0.717, 1.165) is 12.0 Å². The van der Waals surface area contributed by atoms with Gasteiger partial charge in [0.25, 0.3) is 0 Å². The van der Waals surface area contributed by atoms with Crippen molar-refractivity contribution < 1.29 is 9.53 Å². The Morgan fingerprint density at radius 1 is 1.26 bits per heavy atom. The largest absolute Gasteiger partial charge is 0.378 e. The van der Waals surface area contributed by atoms with Crippen molar-refractivity contribution in [1.29, 1.82) is 0 Å². The number of nitrogens with one attached hydrogen (secondary N) is 2. The molecule has 3 heterocycles. The monoisotopic (exact) mass is 262 g/mol. The topological polar surface area (TPSA) is 66.5 Å². The second kappa shape index (κ2) is 5.64. The van der Waals surface area contributed by atoms with Crippen LogP contribution in [0.4, 0.5) is 0 Å². The van der Waals surface area contributed by atoms with Crippen LogP contribution in [0.3, 0.4) is 0 Å². The molecule has 102 valence electrons. The number of amides is 1. The molecule has 0 aliphatic carbocycles. The van der Waals surface area contributed by atoms with Gasteiger partial charge < -0.3 is 9.64 Å². The summed E-state index contributed by atoms with van der Waals surface area (Å²) in [5, 5.41) is 0. The Kier molecular flexibility index (Phi) is 3.72. The van der Waals surface area contributed by atoms with Gasteiger partial charge in [-0.1, -0.05) is 0 Å². The lowest BCUT2D eigenvalue weighted by molar-refractivity contribution is -0.137. The lowest BCUT2D eigenvalue weighted by atomic mass is 10.0. The van der Waals surface area contributed by atoms with Gasteiger partial charge in [0.05, 0.1) is 13.2 Å². The van der Waals surface area contributed by atoms with Gasteiger partial charge >= 0.3 is 0 Å². The van der Waals surface area contributed by atoms with Crippen LogP contribution in [0.5, 0.6) is 0 Å². The highest BCUT2D eigenvalue weighted by Crippen LogP contribution is 2.22. The molecule has 1 aromatic heterocycles. The lowest BCUT2D eigenvalue weighted by Gasteiger charge is -2.28. The van der Waals surface area contributed by atoms with Crippen LogP contribution in [-0.2, 0) is 9.53 Å². The Balaban J connectivity index is 1.61. The van der Waals surface area contributed by atoms with E-state index in [0.29, 0.717) is 26.3 Å². The molecular weight excluding hydrogens is 244 g/mol. The molecular formula is C13H18N4O2. The van der Waals surface area contributed by atoms with Crippen molar-refractivity contribution in [2.75, 3.05) is 26.3 Å². The van der Waals surface area contributed by atoms with Crippen LogP contribution in [0, 0.1) is 0 Å². The number of pyridine rings is 1. The van der Waals surface area contributed by atoms with Crippen LogP contribution in [0.1, 0.15) is 18.0 Å². The molecule has 2 N–H and O–H groups in total. The predicted octanol–water partition coefficient (Wildman–Crippen LogP) is -0.152. The van der Waals surface area contributed by atoms with E-state index in [9.17, 15) is 4.79 Å². The number of hydrazine groups is 1. The number of aromatic nitrogens is 1. The van der Waals surface area contributed by atoms with Crippen molar-refractivity contribution in [1.82, 2.24) is 20.7 Å². The summed E-state index contributed by atoms with van der Waals surface area (Å²) in [5.41, 5.74) is 7.44. The third-order valence-electron chi connectivity index (χ3n) is 3.63. The van der Waals surface area contributed by atoms with Crippen molar-refractivity contribution in [2.24, 2.45) is 0 Å². The van der Waals surface area contributed by atoms with Crippen LogP contribution < -0.4 is 10.9 Å². The SMILES string of the molecule is O=C(C1CC(c2ccncc2)NN1)N1CCOCC1. The van der Waals surface area contributed by atoms with E-state index in [1.165, 1.54) is 0 Å². The summed E-state index contributed by atoms with van der Waals surface area (Å²) in [6.07, 6.45) is 4.31. The molecule has 2 aliphatic rings. The smallest absolute Gasteiger partial charge is 0.241 e. The third kappa shape index (κ3) is 2.75. The van der Waals surface area contributed by atoms with Crippen molar-refractivity contribution in [3.05, 3.63) is 30.1 Å². The molecule has 0 spiro atoms.